The Morgan fingerprint density at radius 1 is 1.17 bits per heavy atom. The first-order chi connectivity index (χ1) is 8.56. The third-order valence-electron chi connectivity index (χ3n) is 2.57. The third-order valence-corrected chi connectivity index (χ3v) is 3.99. The van der Waals surface area contributed by atoms with Crippen molar-refractivity contribution in [2.45, 2.75) is 37.5 Å². The third kappa shape index (κ3) is 4.98. The van der Waals surface area contributed by atoms with Crippen molar-refractivity contribution in [3.63, 3.8) is 0 Å². The summed E-state index contributed by atoms with van der Waals surface area (Å²) < 4.78 is 25.9. The molecule has 0 atom stereocenters. The van der Waals surface area contributed by atoms with Crippen LogP contribution in [-0.4, -0.2) is 20.7 Å². The van der Waals surface area contributed by atoms with Gasteiger partial charge in [-0.3, -0.25) is 4.79 Å². The van der Waals surface area contributed by atoms with Crippen molar-refractivity contribution in [2.75, 3.05) is 6.54 Å². The van der Waals surface area contributed by atoms with Gasteiger partial charge in [-0.25, -0.2) is 13.1 Å². The Bertz CT molecular complexity index is 468. The molecule has 0 aliphatic rings. The summed E-state index contributed by atoms with van der Waals surface area (Å²) in [5.74, 6) is -0.0667. The molecule has 1 N–H and O–H groups in total. The SMILES string of the molecule is CCCCCC(=O)CNS(=O)(=O)c1ccccc1. The van der Waals surface area contributed by atoms with E-state index in [2.05, 4.69) is 11.6 Å². The predicted molar refractivity (Wildman–Crippen MR) is 70.8 cm³/mol. The molecule has 18 heavy (non-hydrogen) atoms. The Morgan fingerprint density at radius 2 is 1.83 bits per heavy atom. The Hall–Kier alpha value is -1.20. The van der Waals surface area contributed by atoms with Gasteiger partial charge >= 0.3 is 0 Å². The maximum Gasteiger partial charge on any atom is 0.240 e. The first-order valence-electron chi connectivity index (χ1n) is 6.12. The van der Waals surface area contributed by atoms with E-state index in [0.29, 0.717) is 6.42 Å². The zero-order valence-electron chi connectivity index (χ0n) is 10.6. The molecule has 0 bridgehead atoms. The second kappa shape index (κ2) is 7.28. The summed E-state index contributed by atoms with van der Waals surface area (Å²) in [6.45, 7) is 1.93. The van der Waals surface area contributed by atoms with Crippen molar-refractivity contribution in [1.29, 1.82) is 0 Å². The van der Waals surface area contributed by atoms with Gasteiger partial charge in [0.25, 0.3) is 0 Å². The highest BCUT2D eigenvalue weighted by Gasteiger charge is 2.14. The van der Waals surface area contributed by atoms with Crippen LogP contribution >= 0.6 is 0 Å². The van der Waals surface area contributed by atoms with E-state index in [1.165, 1.54) is 12.1 Å². The van der Waals surface area contributed by atoms with Crippen molar-refractivity contribution in [1.82, 2.24) is 4.72 Å². The lowest BCUT2D eigenvalue weighted by atomic mass is 10.1. The highest BCUT2D eigenvalue weighted by Crippen LogP contribution is 2.07. The van der Waals surface area contributed by atoms with Crippen LogP contribution in [0.4, 0.5) is 0 Å². The number of Topliss-reactive ketones (excluding diaryl/α,β-unsaturated/α-hetero) is 1. The lowest BCUT2D eigenvalue weighted by molar-refractivity contribution is -0.118. The normalized spacial score (nSPS) is 11.4. The number of rotatable bonds is 8. The van der Waals surface area contributed by atoms with Crippen molar-refractivity contribution >= 4 is 15.8 Å². The molecule has 0 radical (unpaired) electrons. The Labute approximate surface area is 108 Å². The van der Waals surface area contributed by atoms with Crippen molar-refractivity contribution in [2.24, 2.45) is 0 Å². The molecule has 0 heterocycles. The molecule has 0 unspecified atom stereocenters. The van der Waals surface area contributed by atoms with Gasteiger partial charge in [0.15, 0.2) is 0 Å². The first-order valence-corrected chi connectivity index (χ1v) is 7.61. The second-order valence-electron chi connectivity index (χ2n) is 4.13. The molecular formula is C13H19NO3S. The van der Waals surface area contributed by atoms with E-state index in [4.69, 9.17) is 0 Å². The average Bonchev–Trinajstić information content (AvgIpc) is 2.38. The van der Waals surface area contributed by atoms with Crippen molar-refractivity contribution in [3.8, 4) is 0 Å². The van der Waals surface area contributed by atoms with Gasteiger partial charge in [0.05, 0.1) is 11.4 Å². The van der Waals surface area contributed by atoms with E-state index in [1.807, 2.05) is 0 Å². The predicted octanol–water partition coefficient (Wildman–Crippen LogP) is 2.11. The van der Waals surface area contributed by atoms with Gasteiger partial charge in [0.2, 0.25) is 10.0 Å². The number of carbonyl (C=O) groups excluding carboxylic acids is 1. The smallest absolute Gasteiger partial charge is 0.240 e. The number of nitrogens with one attached hydrogen (secondary N) is 1. The van der Waals surface area contributed by atoms with Crippen LogP contribution in [0.3, 0.4) is 0 Å². The van der Waals surface area contributed by atoms with Gasteiger partial charge in [0, 0.05) is 6.42 Å². The summed E-state index contributed by atoms with van der Waals surface area (Å²) >= 11 is 0. The molecule has 0 fully saturated rings. The number of hydrogen-bond acceptors (Lipinski definition) is 3. The summed E-state index contributed by atoms with van der Waals surface area (Å²) in [5, 5.41) is 0. The van der Waals surface area contributed by atoms with Crippen LogP contribution in [0.2, 0.25) is 0 Å². The molecule has 5 heteroatoms. The molecule has 1 aromatic carbocycles. The molecule has 4 nitrogen and oxygen atoms in total. The number of ketones is 1. The van der Waals surface area contributed by atoms with Gasteiger partial charge in [-0.15, -0.1) is 0 Å². The lowest BCUT2D eigenvalue weighted by Gasteiger charge is -2.05. The van der Waals surface area contributed by atoms with Crippen LogP contribution in [0.15, 0.2) is 35.2 Å². The van der Waals surface area contributed by atoms with Gasteiger partial charge in [-0.1, -0.05) is 38.0 Å². The fourth-order valence-corrected chi connectivity index (χ4v) is 2.55. The van der Waals surface area contributed by atoms with Crippen LogP contribution in [0, 0.1) is 0 Å². The highest BCUT2D eigenvalue weighted by atomic mass is 32.2. The number of unbranched alkanes of at least 4 members (excludes halogenated alkanes) is 2. The maximum absolute atomic E-state index is 11.8. The number of benzene rings is 1. The van der Waals surface area contributed by atoms with Crippen LogP contribution in [0.1, 0.15) is 32.6 Å². The quantitative estimate of drug-likeness (QED) is 0.735. The summed E-state index contributed by atoms with van der Waals surface area (Å²) in [6.07, 6.45) is 3.30. The first kappa shape index (κ1) is 14.9. The van der Waals surface area contributed by atoms with E-state index in [9.17, 15) is 13.2 Å². The van der Waals surface area contributed by atoms with E-state index >= 15 is 0 Å². The molecule has 0 aliphatic carbocycles. The van der Waals surface area contributed by atoms with E-state index in [-0.39, 0.29) is 17.2 Å². The minimum Gasteiger partial charge on any atom is -0.298 e. The Balaban J connectivity index is 2.46. The largest absolute Gasteiger partial charge is 0.298 e. The molecule has 0 saturated carbocycles. The van der Waals surface area contributed by atoms with Crippen LogP contribution < -0.4 is 4.72 Å². The number of hydrogen-bond donors (Lipinski definition) is 1. The lowest BCUT2D eigenvalue weighted by Crippen LogP contribution is -2.29. The molecule has 0 aliphatic heterocycles. The minimum atomic E-state index is -3.56. The second-order valence-corrected chi connectivity index (χ2v) is 5.90. The minimum absolute atomic E-state index is 0.0667. The van der Waals surface area contributed by atoms with Crippen LogP contribution in [-0.2, 0) is 14.8 Å². The zero-order valence-corrected chi connectivity index (χ0v) is 11.4. The number of sulfonamides is 1. The number of carbonyl (C=O) groups is 1. The standard InChI is InChI=1S/C13H19NO3S/c1-2-3-5-8-12(15)11-14-18(16,17)13-9-6-4-7-10-13/h4,6-7,9-10,14H,2-3,5,8,11H2,1H3. The van der Waals surface area contributed by atoms with Crippen LogP contribution in [0.5, 0.6) is 0 Å². The van der Waals surface area contributed by atoms with Gasteiger partial charge < -0.3 is 0 Å². The van der Waals surface area contributed by atoms with Gasteiger partial charge in [0.1, 0.15) is 5.78 Å². The molecule has 0 aromatic heterocycles. The fourth-order valence-electron chi connectivity index (χ4n) is 1.52. The van der Waals surface area contributed by atoms with E-state index in [1.54, 1.807) is 18.2 Å². The Kier molecular flexibility index (Phi) is 6.01. The topological polar surface area (TPSA) is 63.2 Å². The molecule has 100 valence electrons. The van der Waals surface area contributed by atoms with Gasteiger partial charge in [-0.2, -0.15) is 0 Å². The molecule has 1 rings (SSSR count). The average molecular weight is 269 g/mol. The van der Waals surface area contributed by atoms with Crippen molar-refractivity contribution < 1.29 is 13.2 Å². The van der Waals surface area contributed by atoms with Gasteiger partial charge in [-0.05, 0) is 18.6 Å². The summed E-state index contributed by atoms with van der Waals surface area (Å²) in [6, 6.07) is 8.05. The Morgan fingerprint density at radius 3 is 2.44 bits per heavy atom. The molecular weight excluding hydrogens is 250 g/mol. The molecule has 0 saturated heterocycles. The van der Waals surface area contributed by atoms with E-state index < -0.39 is 10.0 Å². The molecule has 0 spiro atoms. The highest BCUT2D eigenvalue weighted by molar-refractivity contribution is 7.89. The maximum atomic E-state index is 11.8. The zero-order chi connectivity index (χ0) is 13.4. The van der Waals surface area contributed by atoms with E-state index in [0.717, 1.165) is 19.3 Å². The summed E-state index contributed by atoms with van der Waals surface area (Å²) in [5.41, 5.74) is 0. The summed E-state index contributed by atoms with van der Waals surface area (Å²) in [4.78, 5) is 11.7. The fraction of sp³-hybridized carbons (Fsp3) is 0.462. The summed E-state index contributed by atoms with van der Waals surface area (Å²) in [7, 11) is -3.56. The molecule has 0 amide bonds. The monoisotopic (exact) mass is 269 g/mol. The van der Waals surface area contributed by atoms with Crippen LogP contribution in [0.25, 0.3) is 0 Å². The molecule has 1 aromatic rings. The van der Waals surface area contributed by atoms with Crippen molar-refractivity contribution in [3.05, 3.63) is 30.3 Å².